The van der Waals surface area contributed by atoms with Gasteiger partial charge in [-0.25, -0.2) is 0 Å². The van der Waals surface area contributed by atoms with E-state index in [1.165, 1.54) is 5.56 Å². The molecule has 394 valence electrons. The van der Waals surface area contributed by atoms with Gasteiger partial charge in [-0.3, -0.25) is 9.59 Å². The topological polar surface area (TPSA) is 167 Å². The molecule has 0 aromatic heterocycles. The highest BCUT2D eigenvalue weighted by atomic mass is 16.5. The van der Waals surface area contributed by atoms with Crippen LogP contribution >= 0.6 is 0 Å². The Labute approximate surface area is 425 Å². The number of benzene rings is 4. The Morgan fingerprint density at radius 2 is 0.931 bits per heavy atom. The number of hydrogen-bond donors (Lipinski definition) is 2. The molecule has 0 bridgehead atoms. The van der Waals surface area contributed by atoms with Crippen molar-refractivity contribution in [1.82, 2.24) is 0 Å². The highest BCUT2D eigenvalue weighted by Gasteiger charge is 2.45. The summed E-state index contributed by atoms with van der Waals surface area (Å²) in [6.07, 6.45) is 5.51. The zero-order chi connectivity index (χ0) is 52.4. The zero-order valence-corrected chi connectivity index (χ0v) is 44.6. The SMILES string of the molecule is COc1cc2c(cc1OC)[C@H](c1cc(OC)c(OC)c(OC)c1)[N@+](C)(CCCC(CCCCC(=O)O)(CCC[N@@+]1(C)CCc3cc(OC)c(OC)cc3[C@H]1Cc1cc(OC)c(OC)c(OC)c1)C(=O)O)CC2. The molecule has 16 nitrogen and oxygen atoms in total. The van der Waals surface area contributed by atoms with Gasteiger partial charge in [0.25, 0.3) is 0 Å². The fraction of sp³-hybridized carbons (Fsp3) is 0.536. The van der Waals surface area contributed by atoms with Crippen molar-refractivity contribution in [3.05, 3.63) is 81.9 Å². The van der Waals surface area contributed by atoms with E-state index in [9.17, 15) is 19.8 Å². The first kappa shape index (κ1) is 55.1. The third-order valence-electron chi connectivity index (χ3n) is 15.7. The van der Waals surface area contributed by atoms with E-state index >= 15 is 0 Å². The van der Waals surface area contributed by atoms with E-state index < -0.39 is 17.4 Å². The summed E-state index contributed by atoms with van der Waals surface area (Å²) in [5.41, 5.74) is 5.39. The van der Waals surface area contributed by atoms with Crippen molar-refractivity contribution in [2.24, 2.45) is 5.41 Å². The molecular formula is C56H78N2O14+2. The lowest BCUT2D eigenvalue weighted by atomic mass is 9.74. The smallest absolute Gasteiger partial charge is 0.309 e. The molecule has 0 saturated heterocycles. The molecule has 0 saturated carbocycles. The van der Waals surface area contributed by atoms with Crippen LogP contribution in [0.15, 0.2) is 48.5 Å². The second kappa shape index (κ2) is 24.0. The first-order valence-electron chi connectivity index (χ1n) is 24.8. The summed E-state index contributed by atoms with van der Waals surface area (Å²) < 4.78 is 59.1. The van der Waals surface area contributed by atoms with Crippen molar-refractivity contribution < 1.29 is 76.1 Å². The van der Waals surface area contributed by atoms with Gasteiger partial charge in [-0.2, -0.15) is 0 Å². The van der Waals surface area contributed by atoms with E-state index in [0.29, 0.717) is 131 Å². The standard InChI is InChI=1S/C56H76N2O14/c1-57(25-18-37-30-43(63-3)45(65-5)34-40(37)42(57)27-36-28-47(67-7)53(71-11)48(29-36)68-8)23-15-21-56(55(61)62,20-14-13-17-51(59)60)22-16-24-58(2)26-19-38-31-44(64-4)46(66-6)35-41(38)52(58)39-32-49(69-9)54(72-12)50(33-39)70-10/h28-35,42,52H,13-27H2,1-12H3/p+2/t42-,52+,56?,57+,58-/m1/s1. The molecular weight excluding hydrogens is 925 g/mol. The summed E-state index contributed by atoms with van der Waals surface area (Å²) >= 11 is 0. The molecule has 0 radical (unpaired) electrons. The Balaban J connectivity index is 1.34. The lowest BCUT2D eigenvalue weighted by Crippen LogP contribution is -2.53. The molecule has 5 atom stereocenters. The van der Waals surface area contributed by atoms with Crippen LogP contribution in [0.1, 0.15) is 96.8 Å². The molecule has 0 aliphatic carbocycles. The fourth-order valence-electron chi connectivity index (χ4n) is 11.7. The van der Waals surface area contributed by atoms with Gasteiger partial charge in [0.05, 0.1) is 117 Å². The number of rotatable bonds is 27. The predicted octanol–water partition coefficient (Wildman–Crippen LogP) is 9.13. The Hall–Kier alpha value is -6.26. The molecule has 0 fully saturated rings. The average molecular weight is 1000 g/mol. The number of quaternary nitrogens is 2. The van der Waals surface area contributed by atoms with Crippen LogP contribution in [-0.4, -0.2) is 142 Å². The Morgan fingerprint density at radius 3 is 1.39 bits per heavy atom. The van der Waals surface area contributed by atoms with Crippen LogP contribution in [0.25, 0.3) is 0 Å². The summed E-state index contributed by atoms with van der Waals surface area (Å²) in [5, 5.41) is 21.0. The summed E-state index contributed by atoms with van der Waals surface area (Å²) in [7, 11) is 20.7. The summed E-state index contributed by atoms with van der Waals surface area (Å²) in [6.45, 7) is 2.94. The molecule has 0 spiro atoms. The van der Waals surface area contributed by atoms with Gasteiger partial charge >= 0.3 is 11.9 Å². The van der Waals surface area contributed by atoms with Crippen molar-refractivity contribution in [1.29, 1.82) is 0 Å². The fourth-order valence-corrected chi connectivity index (χ4v) is 11.7. The van der Waals surface area contributed by atoms with Crippen molar-refractivity contribution in [3.8, 4) is 57.5 Å². The van der Waals surface area contributed by atoms with Gasteiger partial charge in [-0.15, -0.1) is 0 Å². The molecule has 2 aliphatic heterocycles. The van der Waals surface area contributed by atoms with Crippen LogP contribution in [0.2, 0.25) is 0 Å². The molecule has 4 aromatic rings. The number of nitrogens with zero attached hydrogens (tertiary/aromatic N) is 2. The normalized spacial score (nSPS) is 19.9. The van der Waals surface area contributed by atoms with Crippen molar-refractivity contribution >= 4 is 11.9 Å². The summed E-state index contributed by atoms with van der Waals surface area (Å²) in [5.74, 6) is 4.08. The Morgan fingerprint density at radius 1 is 0.514 bits per heavy atom. The highest BCUT2D eigenvalue weighted by Crippen LogP contribution is 2.50. The molecule has 0 amide bonds. The minimum absolute atomic E-state index is 0.0139. The van der Waals surface area contributed by atoms with Gasteiger partial charge < -0.3 is 66.5 Å². The third-order valence-corrected chi connectivity index (χ3v) is 15.7. The zero-order valence-electron chi connectivity index (χ0n) is 44.6. The van der Waals surface area contributed by atoms with Crippen LogP contribution in [0.5, 0.6) is 57.5 Å². The lowest BCUT2D eigenvalue weighted by molar-refractivity contribution is -0.941. The Bertz CT molecular complexity index is 2480. The maximum absolute atomic E-state index is 14.0. The Kier molecular flexibility index (Phi) is 18.3. The number of likely N-dealkylation sites (N-methyl/N-ethyl adjacent to an activating group) is 2. The predicted molar refractivity (Wildman–Crippen MR) is 273 cm³/mol. The average Bonchev–Trinajstić information content (AvgIpc) is 3.38. The maximum Gasteiger partial charge on any atom is 0.309 e. The van der Waals surface area contributed by atoms with Crippen LogP contribution in [0, 0.1) is 5.41 Å². The van der Waals surface area contributed by atoms with E-state index in [1.807, 2.05) is 24.3 Å². The van der Waals surface area contributed by atoms with Crippen LogP contribution < -0.4 is 47.4 Å². The number of ether oxygens (including phenoxy) is 10. The molecule has 1 unspecified atom stereocenters. The van der Waals surface area contributed by atoms with Crippen molar-refractivity contribution in [2.75, 3.05) is 111 Å². The number of carboxylic acid groups (broad SMARTS) is 2. The molecule has 16 heteroatoms. The molecule has 4 aromatic carbocycles. The number of carboxylic acids is 2. The van der Waals surface area contributed by atoms with E-state index in [2.05, 4.69) is 38.4 Å². The van der Waals surface area contributed by atoms with Crippen LogP contribution in [0.3, 0.4) is 0 Å². The molecule has 2 aliphatic rings. The van der Waals surface area contributed by atoms with Gasteiger partial charge in [-0.1, -0.05) is 6.42 Å². The first-order chi connectivity index (χ1) is 34.5. The highest BCUT2D eigenvalue weighted by molar-refractivity contribution is 5.74. The van der Waals surface area contributed by atoms with Gasteiger partial charge in [0.2, 0.25) is 11.5 Å². The summed E-state index contributed by atoms with van der Waals surface area (Å²) in [4.78, 5) is 25.7. The maximum atomic E-state index is 14.0. The first-order valence-corrected chi connectivity index (χ1v) is 24.8. The largest absolute Gasteiger partial charge is 0.493 e. The van der Waals surface area contributed by atoms with Crippen molar-refractivity contribution in [3.63, 3.8) is 0 Å². The number of aliphatic carboxylic acids is 2. The number of carbonyl (C=O) groups is 2. The van der Waals surface area contributed by atoms with E-state index in [-0.39, 0.29) is 18.5 Å². The third kappa shape index (κ3) is 11.5. The number of fused-ring (bicyclic) bond motifs is 2. The minimum Gasteiger partial charge on any atom is -0.493 e. The second-order valence-electron chi connectivity index (χ2n) is 19.7. The van der Waals surface area contributed by atoms with Gasteiger partial charge in [0, 0.05) is 42.4 Å². The van der Waals surface area contributed by atoms with E-state index in [1.54, 1.807) is 71.1 Å². The summed E-state index contributed by atoms with van der Waals surface area (Å²) in [6, 6.07) is 16.0. The second-order valence-corrected chi connectivity index (χ2v) is 19.7. The van der Waals surface area contributed by atoms with Crippen LogP contribution in [-0.2, 0) is 28.9 Å². The molecule has 6 rings (SSSR count). The number of unbranched alkanes of at least 4 members (excludes halogenated alkanes) is 1. The molecule has 72 heavy (non-hydrogen) atoms. The van der Waals surface area contributed by atoms with E-state index in [4.69, 9.17) is 47.4 Å². The number of hydrogen-bond acceptors (Lipinski definition) is 12. The van der Waals surface area contributed by atoms with Crippen LogP contribution in [0.4, 0.5) is 0 Å². The number of methoxy groups -OCH3 is 10. The quantitative estimate of drug-likeness (QED) is 0.0429. The lowest BCUT2D eigenvalue weighted by Gasteiger charge is -2.47. The van der Waals surface area contributed by atoms with Crippen molar-refractivity contribution in [2.45, 2.75) is 82.7 Å². The monoisotopic (exact) mass is 1000 g/mol. The van der Waals surface area contributed by atoms with Gasteiger partial charge in [0.15, 0.2) is 46.0 Å². The van der Waals surface area contributed by atoms with Gasteiger partial charge in [-0.05, 0) is 104 Å². The molecule has 2 heterocycles. The molecule has 2 N–H and O–H groups in total. The van der Waals surface area contributed by atoms with Gasteiger partial charge in [0.1, 0.15) is 12.1 Å². The van der Waals surface area contributed by atoms with E-state index in [0.717, 1.165) is 53.7 Å². The minimum atomic E-state index is -1.10.